The average molecular weight is 248 g/mol. The lowest BCUT2D eigenvalue weighted by atomic mass is 10.2. The van der Waals surface area contributed by atoms with Crippen LogP contribution >= 0.6 is 0 Å². The van der Waals surface area contributed by atoms with E-state index in [4.69, 9.17) is 5.73 Å². The summed E-state index contributed by atoms with van der Waals surface area (Å²) in [6.07, 6.45) is 0. The smallest absolute Gasteiger partial charge is 0.148 e. The van der Waals surface area contributed by atoms with Gasteiger partial charge in [-0.05, 0) is 24.3 Å². The fourth-order valence-corrected chi connectivity index (χ4v) is 1.73. The summed E-state index contributed by atoms with van der Waals surface area (Å²) in [6.45, 7) is 0.371. The minimum atomic E-state index is -0.465. The largest absolute Gasteiger partial charge is 0.396 e. The molecule has 4 heteroatoms. The Balaban J connectivity index is 2.19. The van der Waals surface area contributed by atoms with E-state index < -0.39 is 5.82 Å². The molecule has 0 aliphatic rings. The second kappa shape index (κ2) is 5.04. The van der Waals surface area contributed by atoms with Crippen LogP contribution in [0.25, 0.3) is 0 Å². The second-order valence-electron chi connectivity index (χ2n) is 4.15. The normalized spacial score (nSPS) is 10.4. The number of nitrogen functional groups attached to an aromatic ring is 1. The Hall–Kier alpha value is -2.10. The van der Waals surface area contributed by atoms with E-state index in [-0.39, 0.29) is 11.5 Å². The van der Waals surface area contributed by atoms with Crippen molar-refractivity contribution in [3.8, 4) is 0 Å². The molecule has 2 nitrogen and oxygen atoms in total. The number of hydrogen-bond donors (Lipinski definition) is 1. The zero-order valence-corrected chi connectivity index (χ0v) is 10.0. The highest BCUT2D eigenvalue weighted by atomic mass is 19.1. The van der Waals surface area contributed by atoms with Gasteiger partial charge in [-0.1, -0.05) is 18.2 Å². The van der Waals surface area contributed by atoms with Crippen LogP contribution in [0.1, 0.15) is 5.56 Å². The molecule has 0 spiro atoms. The molecule has 18 heavy (non-hydrogen) atoms. The highest BCUT2D eigenvalue weighted by Crippen LogP contribution is 2.21. The van der Waals surface area contributed by atoms with Gasteiger partial charge in [-0.15, -0.1) is 0 Å². The third kappa shape index (κ3) is 2.59. The minimum Gasteiger partial charge on any atom is -0.396 e. The van der Waals surface area contributed by atoms with Crippen molar-refractivity contribution in [2.45, 2.75) is 6.54 Å². The van der Waals surface area contributed by atoms with Crippen molar-refractivity contribution < 1.29 is 8.78 Å². The summed E-state index contributed by atoms with van der Waals surface area (Å²) >= 11 is 0. The monoisotopic (exact) mass is 248 g/mol. The van der Waals surface area contributed by atoms with E-state index >= 15 is 0 Å². The molecule has 0 fully saturated rings. The van der Waals surface area contributed by atoms with Crippen molar-refractivity contribution in [3.05, 3.63) is 59.7 Å². The zero-order valence-electron chi connectivity index (χ0n) is 10.0. The lowest BCUT2D eigenvalue weighted by molar-refractivity contribution is 0.607. The maximum atomic E-state index is 13.5. The Morgan fingerprint density at radius 1 is 1.06 bits per heavy atom. The van der Waals surface area contributed by atoms with E-state index in [1.54, 1.807) is 36.2 Å². The number of halogens is 2. The van der Waals surface area contributed by atoms with Crippen LogP contribution in [-0.2, 0) is 6.54 Å². The maximum absolute atomic E-state index is 13.5. The van der Waals surface area contributed by atoms with Gasteiger partial charge >= 0.3 is 0 Å². The van der Waals surface area contributed by atoms with Gasteiger partial charge in [0.1, 0.15) is 11.6 Å². The summed E-state index contributed by atoms with van der Waals surface area (Å²) in [5.41, 5.74) is 6.75. The minimum absolute atomic E-state index is 0.109. The van der Waals surface area contributed by atoms with Crippen LogP contribution < -0.4 is 10.6 Å². The van der Waals surface area contributed by atoms with E-state index in [1.165, 1.54) is 18.2 Å². The molecule has 0 saturated heterocycles. The first-order valence-corrected chi connectivity index (χ1v) is 5.57. The van der Waals surface area contributed by atoms with Gasteiger partial charge in [-0.2, -0.15) is 0 Å². The molecular weight excluding hydrogens is 234 g/mol. The number of anilines is 2. The molecule has 2 aromatic rings. The Morgan fingerprint density at radius 3 is 2.44 bits per heavy atom. The first kappa shape index (κ1) is 12.4. The molecule has 0 amide bonds. The quantitative estimate of drug-likeness (QED) is 0.845. The zero-order chi connectivity index (χ0) is 13.1. The van der Waals surface area contributed by atoms with Gasteiger partial charge in [0.15, 0.2) is 0 Å². The number of hydrogen-bond acceptors (Lipinski definition) is 2. The summed E-state index contributed by atoms with van der Waals surface area (Å²) in [5.74, 6) is -0.729. The molecule has 0 aliphatic carbocycles. The number of nitrogens with zero attached hydrogens (tertiary/aromatic N) is 1. The molecule has 0 heterocycles. The van der Waals surface area contributed by atoms with Crippen molar-refractivity contribution in [1.82, 2.24) is 0 Å². The molecular formula is C14H14F2N2. The van der Waals surface area contributed by atoms with Gasteiger partial charge in [0.2, 0.25) is 0 Å². The Bertz CT molecular complexity index is 555. The molecule has 2 N–H and O–H groups in total. The summed E-state index contributed by atoms with van der Waals surface area (Å²) in [7, 11) is 1.78. The molecule has 0 atom stereocenters. The van der Waals surface area contributed by atoms with Crippen molar-refractivity contribution in [1.29, 1.82) is 0 Å². The van der Waals surface area contributed by atoms with Gasteiger partial charge in [-0.3, -0.25) is 0 Å². The molecule has 0 saturated carbocycles. The van der Waals surface area contributed by atoms with E-state index in [1.807, 2.05) is 0 Å². The Kier molecular flexibility index (Phi) is 3.46. The van der Waals surface area contributed by atoms with Gasteiger partial charge in [0, 0.05) is 24.8 Å². The van der Waals surface area contributed by atoms with E-state index in [0.717, 1.165) is 0 Å². The fourth-order valence-electron chi connectivity index (χ4n) is 1.73. The first-order chi connectivity index (χ1) is 8.58. The van der Waals surface area contributed by atoms with Crippen LogP contribution in [0.15, 0.2) is 42.5 Å². The molecule has 94 valence electrons. The van der Waals surface area contributed by atoms with Crippen LogP contribution in [-0.4, -0.2) is 7.05 Å². The standard InChI is InChI=1S/C14H14F2N2/c1-18(9-10-4-2-3-5-12(10)15)11-6-7-14(17)13(16)8-11/h2-8H,9,17H2,1H3. The number of nitrogens with two attached hydrogens (primary N) is 1. The molecule has 0 bridgehead atoms. The van der Waals surface area contributed by atoms with Crippen LogP contribution in [0.5, 0.6) is 0 Å². The topological polar surface area (TPSA) is 29.3 Å². The molecule has 0 unspecified atom stereocenters. The highest BCUT2D eigenvalue weighted by molar-refractivity contribution is 5.54. The molecule has 2 rings (SSSR count). The predicted molar refractivity (Wildman–Crippen MR) is 69.3 cm³/mol. The fraction of sp³-hybridized carbons (Fsp3) is 0.143. The number of rotatable bonds is 3. The lowest BCUT2D eigenvalue weighted by Crippen LogP contribution is -2.17. The van der Waals surface area contributed by atoms with Crippen molar-refractivity contribution in [2.24, 2.45) is 0 Å². The van der Waals surface area contributed by atoms with E-state index in [0.29, 0.717) is 17.8 Å². The molecule has 0 aliphatic heterocycles. The van der Waals surface area contributed by atoms with Gasteiger partial charge in [-0.25, -0.2) is 8.78 Å². The Morgan fingerprint density at radius 2 is 1.78 bits per heavy atom. The SMILES string of the molecule is CN(Cc1ccccc1F)c1ccc(N)c(F)c1. The predicted octanol–water partition coefficient (Wildman–Crippen LogP) is 3.18. The first-order valence-electron chi connectivity index (χ1n) is 5.57. The molecule has 0 radical (unpaired) electrons. The maximum Gasteiger partial charge on any atom is 0.148 e. The van der Waals surface area contributed by atoms with Gasteiger partial charge in [0.05, 0.1) is 5.69 Å². The van der Waals surface area contributed by atoms with E-state index in [9.17, 15) is 8.78 Å². The van der Waals surface area contributed by atoms with Crippen LogP contribution in [0, 0.1) is 11.6 Å². The lowest BCUT2D eigenvalue weighted by Gasteiger charge is -2.20. The van der Waals surface area contributed by atoms with Crippen LogP contribution in [0.4, 0.5) is 20.2 Å². The van der Waals surface area contributed by atoms with Crippen molar-refractivity contribution in [3.63, 3.8) is 0 Å². The van der Waals surface area contributed by atoms with E-state index in [2.05, 4.69) is 0 Å². The van der Waals surface area contributed by atoms with Crippen LogP contribution in [0.2, 0.25) is 0 Å². The third-order valence-corrected chi connectivity index (χ3v) is 2.79. The number of benzene rings is 2. The van der Waals surface area contributed by atoms with Gasteiger partial charge in [0.25, 0.3) is 0 Å². The second-order valence-corrected chi connectivity index (χ2v) is 4.15. The Labute approximate surface area is 105 Å². The summed E-state index contributed by atoms with van der Waals surface area (Å²) in [4.78, 5) is 1.76. The van der Waals surface area contributed by atoms with Crippen LogP contribution in [0.3, 0.4) is 0 Å². The summed E-state index contributed by atoms with van der Waals surface area (Å²) in [5, 5.41) is 0. The summed E-state index contributed by atoms with van der Waals surface area (Å²) in [6, 6.07) is 11.1. The summed E-state index contributed by atoms with van der Waals surface area (Å²) < 4.78 is 26.8. The van der Waals surface area contributed by atoms with Crippen molar-refractivity contribution >= 4 is 11.4 Å². The third-order valence-electron chi connectivity index (χ3n) is 2.79. The molecule has 0 aromatic heterocycles. The molecule has 2 aromatic carbocycles. The average Bonchev–Trinajstić information content (AvgIpc) is 2.35. The van der Waals surface area contributed by atoms with Gasteiger partial charge < -0.3 is 10.6 Å². The highest BCUT2D eigenvalue weighted by Gasteiger charge is 2.08. The van der Waals surface area contributed by atoms with Crippen molar-refractivity contribution in [2.75, 3.05) is 17.7 Å².